The maximum absolute atomic E-state index is 12.4. The quantitative estimate of drug-likeness (QED) is 0.812. The Morgan fingerprint density at radius 2 is 2.12 bits per heavy atom. The molecule has 0 atom stereocenters. The molecule has 0 spiro atoms. The molecule has 2 nitrogen and oxygen atoms in total. The van der Waals surface area contributed by atoms with Gasteiger partial charge in [0.05, 0.1) is 17.4 Å². The monoisotopic (exact) mass is 306 g/mol. The van der Waals surface area contributed by atoms with Crippen molar-refractivity contribution in [1.29, 1.82) is 0 Å². The van der Waals surface area contributed by atoms with Crippen LogP contribution in [0.1, 0.15) is 12.0 Å². The molecular weight excluding hydrogens is 301 g/mol. The van der Waals surface area contributed by atoms with E-state index in [-0.39, 0.29) is 5.56 Å². The van der Waals surface area contributed by atoms with Crippen molar-refractivity contribution in [2.24, 2.45) is 0 Å². The fourth-order valence-corrected chi connectivity index (χ4v) is 2.11. The third-order valence-corrected chi connectivity index (χ3v) is 2.88. The van der Waals surface area contributed by atoms with E-state index >= 15 is 0 Å². The minimum Gasteiger partial charge on any atom is -0.239 e. The number of rotatable bonds is 2. The van der Waals surface area contributed by atoms with Crippen LogP contribution in [0.2, 0.25) is 5.02 Å². The molecular formula is C10H6BrClF2N2. The molecule has 2 aromatic rings. The molecule has 84 valence electrons. The Kier molecular flexibility index (Phi) is 3.25. The topological polar surface area (TPSA) is 17.8 Å². The van der Waals surface area contributed by atoms with Gasteiger partial charge in [-0.3, -0.25) is 0 Å². The molecule has 0 unspecified atom stereocenters. The van der Waals surface area contributed by atoms with Gasteiger partial charge in [0.1, 0.15) is 0 Å². The van der Waals surface area contributed by atoms with Gasteiger partial charge >= 0.3 is 0 Å². The van der Waals surface area contributed by atoms with Crippen molar-refractivity contribution in [2.75, 3.05) is 0 Å². The van der Waals surface area contributed by atoms with Crippen molar-refractivity contribution in [3.63, 3.8) is 0 Å². The molecule has 0 aliphatic carbocycles. The van der Waals surface area contributed by atoms with Crippen molar-refractivity contribution < 1.29 is 8.78 Å². The molecule has 0 amide bonds. The van der Waals surface area contributed by atoms with Gasteiger partial charge in [-0.1, -0.05) is 11.6 Å². The van der Waals surface area contributed by atoms with Gasteiger partial charge in [0, 0.05) is 15.7 Å². The Balaban J connectivity index is 2.42. The summed E-state index contributed by atoms with van der Waals surface area (Å²) < 4.78 is 26.8. The van der Waals surface area contributed by atoms with Crippen molar-refractivity contribution >= 4 is 27.5 Å². The Morgan fingerprint density at radius 3 is 2.69 bits per heavy atom. The minimum absolute atomic E-state index is 0.109. The summed E-state index contributed by atoms with van der Waals surface area (Å²) in [7, 11) is 0. The maximum Gasteiger partial charge on any atom is 0.266 e. The summed E-state index contributed by atoms with van der Waals surface area (Å²) in [6.45, 7) is 0. The van der Waals surface area contributed by atoms with Crippen LogP contribution in [-0.4, -0.2) is 9.78 Å². The van der Waals surface area contributed by atoms with Crippen molar-refractivity contribution in [3.8, 4) is 5.69 Å². The average molecular weight is 308 g/mol. The standard InChI is InChI=1S/C10H6BrClF2N2/c11-8-3-7(12)1-2-9(8)16-5-6(4-15-16)10(13)14/h1-5,10H. The van der Waals surface area contributed by atoms with E-state index in [0.717, 1.165) is 6.20 Å². The van der Waals surface area contributed by atoms with Crippen LogP contribution in [0.25, 0.3) is 5.69 Å². The number of halogens is 4. The fraction of sp³-hybridized carbons (Fsp3) is 0.100. The summed E-state index contributed by atoms with van der Waals surface area (Å²) in [6, 6.07) is 5.06. The minimum atomic E-state index is -2.51. The van der Waals surface area contributed by atoms with Gasteiger partial charge in [-0.25, -0.2) is 13.5 Å². The summed E-state index contributed by atoms with van der Waals surface area (Å²) in [4.78, 5) is 0. The summed E-state index contributed by atoms with van der Waals surface area (Å²) >= 11 is 9.08. The largest absolute Gasteiger partial charge is 0.266 e. The van der Waals surface area contributed by atoms with E-state index in [2.05, 4.69) is 21.0 Å². The van der Waals surface area contributed by atoms with Gasteiger partial charge in [-0.05, 0) is 34.1 Å². The van der Waals surface area contributed by atoms with Gasteiger partial charge in [0.25, 0.3) is 6.43 Å². The number of nitrogens with zero attached hydrogens (tertiary/aromatic N) is 2. The van der Waals surface area contributed by atoms with E-state index in [1.807, 2.05) is 0 Å². The van der Waals surface area contributed by atoms with Crippen molar-refractivity contribution in [2.45, 2.75) is 6.43 Å². The highest BCUT2D eigenvalue weighted by atomic mass is 79.9. The molecule has 0 N–H and O–H groups in total. The van der Waals surface area contributed by atoms with Crippen LogP contribution in [0.3, 0.4) is 0 Å². The summed E-state index contributed by atoms with van der Waals surface area (Å²) in [5.74, 6) is 0. The Bertz CT molecular complexity index is 513. The first-order valence-corrected chi connectivity index (χ1v) is 5.53. The zero-order valence-corrected chi connectivity index (χ0v) is 10.2. The number of aromatic nitrogens is 2. The van der Waals surface area contributed by atoms with Gasteiger partial charge in [-0.15, -0.1) is 0 Å². The van der Waals surface area contributed by atoms with Crippen LogP contribution in [0, 0.1) is 0 Å². The van der Waals surface area contributed by atoms with Crippen molar-refractivity contribution in [3.05, 3.63) is 45.7 Å². The smallest absolute Gasteiger partial charge is 0.239 e. The van der Waals surface area contributed by atoms with E-state index < -0.39 is 6.43 Å². The van der Waals surface area contributed by atoms with Gasteiger partial charge < -0.3 is 0 Å². The number of alkyl halides is 2. The average Bonchev–Trinajstić information content (AvgIpc) is 2.66. The van der Waals surface area contributed by atoms with Gasteiger partial charge in [0.2, 0.25) is 0 Å². The predicted molar refractivity (Wildman–Crippen MR) is 61.2 cm³/mol. The van der Waals surface area contributed by atoms with Crippen LogP contribution in [0.4, 0.5) is 8.78 Å². The molecule has 0 saturated carbocycles. The van der Waals surface area contributed by atoms with Gasteiger partial charge in [-0.2, -0.15) is 5.10 Å². The molecule has 6 heteroatoms. The molecule has 0 aliphatic rings. The van der Waals surface area contributed by atoms with Crippen molar-refractivity contribution in [1.82, 2.24) is 9.78 Å². The number of benzene rings is 1. The number of hydrogen-bond acceptors (Lipinski definition) is 1. The first kappa shape index (κ1) is 11.5. The van der Waals surface area contributed by atoms with E-state index in [9.17, 15) is 8.78 Å². The molecule has 16 heavy (non-hydrogen) atoms. The highest BCUT2D eigenvalue weighted by molar-refractivity contribution is 9.10. The molecule has 2 rings (SSSR count). The molecule has 0 radical (unpaired) electrons. The van der Waals surface area contributed by atoms with E-state index in [1.165, 1.54) is 10.9 Å². The van der Waals surface area contributed by atoms with Crippen LogP contribution < -0.4 is 0 Å². The lowest BCUT2D eigenvalue weighted by Gasteiger charge is -2.04. The van der Waals surface area contributed by atoms with E-state index in [4.69, 9.17) is 11.6 Å². The number of hydrogen-bond donors (Lipinski definition) is 0. The molecule has 0 saturated heterocycles. The summed E-state index contributed by atoms with van der Waals surface area (Å²) in [5.41, 5.74) is 0.554. The lowest BCUT2D eigenvalue weighted by Crippen LogP contribution is -1.95. The lowest BCUT2D eigenvalue weighted by atomic mass is 10.3. The predicted octanol–water partition coefficient (Wildman–Crippen LogP) is 4.23. The second-order valence-corrected chi connectivity index (χ2v) is 4.41. The molecule has 1 aromatic carbocycles. The third-order valence-electron chi connectivity index (χ3n) is 2.01. The Morgan fingerprint density at radius 1 is 1.38 bits per heavy atom. The van der Waals surface area contributed by atoms with E-state index in [0.29, 0.717) is 15.2 Å². The SMILES string of the molecule is FC(F)c1cnn(-c2ccc(Cl)cc2Br)c1. The van der Waals surface area contributed by atoms with Crippen LogP contribution >= 0.6 is 27.5 Å². The second-order valence-electron chi connectivity index (χ2n) is 3.11. The maximum atomic E-state index is 12.4. The first-order chi connectivity index (χ1) is 7.58. The lowest BCUT2D eigenvalue weighted by molar-refractivity contribution is 0.151. The fourth-order valence-electron chi connectivity index (χ4n) is 1.25. The second kappa shape index (κ2) is 4.51. The van der Waals surface area contributed by atoms with Crippen LogP contribution in [-0.2, 0) is 0 Å². The van der Waals surface area contributed by atoms with Gasteiger partial charge in [0.15, 0.2) is 0 Å². The molecule has 0 bridgehead atoms. The summed E-state index contributed by atoms with van der Waals surface area (Å²) in [6.07, 6.45) is -0.0792. The van der Waals surface area contributed by atoms with Crippen LogP contribution in [0.5, 0.6) is 0 Å². The third kappa shape index (κ3) is 2.25. The normalized spacial score (nSPS) is 11.1. The first-order valence-electron chi connectivity index (χ1n) is 4.36. The highest BCUT2D eigenvalue weighted by Crippen LogP contribution is 2.26. The Hall–Kier alpha value is -0.940. The highest BCUT2D eigenvalue weighted by Gasteiger charge is 2.11. The molecule has 0 aliphatic heterocycles. The van der Waals surface area contributed by atoms with E-state index in [1.54, 1.807) is 18.2 Å². The molecule has 0 fully saturated rings. The summed E-state index contributed by atoms with van der Waals surface area (Å²) in [5, 5.41) is 4.43. The molecule has 1 heterocycles. The van der Waals surface area contributed by atoms with Crippen LogP contribution in [0.15, 0.2) is 35.1 Å². The Labute approximate surface area is 104 Å². The zero-order chi connectivity index (χ0) is 11.7. The zero-order valence-electron chi connectivity index (χ0n) is 7.87. The molecule has 1 aromatic heterocycles.